The number of nitrogens with one attached hydrogen (secondary N) is 1. The van der Waals surface area contributed by atoms with Crippen LogP contribution in [-0.2, 0) is 0 Å². The third-order valence-electron chi connectivity index (χ3n) is 3.80. The lowest BCUT2D eigenvalue weighted by Crippen LogP contribution is -2.49. The fourth-order valence-electron chi connectivity index (χ4n) is 3.22. The lowest BCUT2D eigenvalue weighted by Gasteiger charge is -2.48. The van der Waals surface area contributed by atoms with Crippen LogP contribution in [0.2, 0.25) is 0 Å². The molecule has 1 unspecified atom stereocenters. The van der Waals surface area contributed by atoms with Gasteiger partial charge in [0.2, 0.25) is 0 Å². The van der Waals surface area contributed by atoms with E-state index in [9.17, 15) is 0 Å². The van der Waals surface area contributed by atoms with Crippen molar-refractivity contribution < 1.29 is 0 Å². The smallest absolute Gasteiger partial charge is 0.0172 e. The Balaban J connectivity index is 2.14. The van der Waals surface area contributed by atoms with Gasteiger partial charge >= 0.3 is 0 Å². The van der Waals surface area contributed by atoms with Gasteiger partial charge in [0.25, 0.3) is 0 Å². The molecule has 2 fully saturated rings. The molecule has 1 spiro atoms. The zero-order chi connectivity index (χ0) is 8.82. The van der Waals surface area contributed by atoms with E-state index in [-0.39, 0.29) is 0 Å². The molecule has 0 radical (unpaired) electrons. The Kier molecular flexibility index (Phi) is 1.76. The molecule has 0 bridgehead atoms. The van der Waals surface area contributed by atoms with Gasteiger partial charge in [-0.05, 0) is 36.6 Å². The van der Waals surface area contributed by atoms with E-state index in [2.05, 4.69) is 26.1 Å². The summed E-state index contributed by atoms with van der Waals surface area (Å²) in [5.74, 6) is 0. The molecule has 1 saturated carbocycles. The second-order valence-corrected chi connectivity index (χ2v) is 5.72. The molecule has 70 valence electrons. The highest BCUT2D eigenvalue weighted by Crippen LogP contribution is 2.53. The summed E-state index contributed by atoms with van der Waals surface area (Å²) in [7, 11) is 0. The van der Waals surface area contributed by atoms with E-state index in [0.29, 0.717) is 10.8 Å². The molecular formula is C11H21N. The lowest BCUT2D eigenvalue weighted by atomic mass is 9.59. The fourth-order valence-corrected chi connectivity index (χ4v) is 3.22. The monoisotopic (exact) mass is 167 g/mol. The van der Waals surface area contributed by atoms with Crippen LogP contribution in [0, 0.1) is 10.8 Å². The molecule has 12 heavy (non-hydrogen) atoms. The van der Waals surface area contributed by atoms with Crippen molar-refractivity contribution in [2.45, 2.75) is 52.5 Å². The summed E-state index contributed by atoms with van der Waals surface area (Å²) in [5, 5.41) is 3.69. The number of hydrogen-bond acceptors (Lipinski definition) is 1. The molecule has 0 aromatic heterocycles. The number of hydrogen-bond donors (Lipinski definition) is 1. The molecule has 0 amide bonds. The van der Waals surface area contributed by atoms with Crippen LogP contribution in [0.25, 0.3) is 0 Å². The maximum atomic E-state index is 3.69. The Morgan fingerprint density at radius 1 is 1.17 bits per heavy atom. The van der Waals surface area contributed by atoms with E-state index in [4.69, 9.17) is 0 Å². The maximum Gasteiger partial charge on any atom is 0.0172 e. The summed E-state index contributed by atoms with van der Waals surface area (Å²) in [5.41, 5.74) is 1.16. The van der Waals surface area contributed by atoms with Crippen LogP contribution in [-0.4, -0.2) is 12.6 Å². The highest BCUT2D eigenvalue weighted by atomic mass is 15.0. The van der Waals surface area contributed by atoms with Crippen LogP contribution < -0.4 is 5.32 Å². The zero-order valence-corrected chi connectivity index (χ0v) is 8.61. The van der Waals surface area contributed by atoms with E-state index >= 15 is 0 Å². The summed E-state index contributed by atoms with van der Waals surface area (Å²) in [6.45, 7) is 8.37. The summed E-state index contributed by atoms with van der Waals surface area (Å²) in [6, 6.07) is 0.777. The van der Waals surface area contributed by atoms with Gasteiger partial charge in [0.1, 0.15) is 0 Å². The van der Waals surface area contributed by atoms with Crippen molar-refractivity contribution in [2.24, 2.45) is 10.8 Å². The molecule has 2 aliphatic rings. The van der Waals surface area contributed by atoms with Crippen molar-refractivity contribution in [3.63, 3.8) is 0 Å². The van der Waals surface area contributed by atoms with Crippen LogP contribution in [0.1, 0.15) is 46.5 Å². The normalized spacial score (nSPS) is 33.8. The van der Waals surface area contributed by atoms with Crippen LogP contribution in [0.4, 0.5) is 0 Å². The van der Waals surface area contributed by atoms with Gasteiger partial charge in [-0.1, -0.05) is 27.2 Å². The van der Waals surface area contributed by atoms with Gasteiger partial charge in [0.15, 0.2) is 0 Å². The minimum absolute atomic E-state index is 0.455. The van der Waals surface area contributed by atoms with Crippen molar-refractivity contribution >= 4 is 0 Å². The van der Waals surface area contributed by atoms with E-state index in [1.807, 2.05) is 0 Å². The molecular weight excluding hydrogens is 146 g/mol. The quantitative estimate of drug-likeness (QED) is 0.584. The average Bonchev–Trinajstić information content (AvgIpc) is 2.25. The SMILES string of the molecule is CC(C)(C)C1NCCC12CCC2. The second-order valence-electron chi connectivity index (χ2n) is 5.72. The predicted octanol–water partition coefficient (Wildman–Crippen LogP) is 2.56. The highest BCUT2D eigenvalue weighted by Gasteiger charge is 2.50. The Bertz CT molecular complexity index is 174. The van der Waals surface area contributed by atoms with Gasteiger partial charge in [-0.25, -0.2) is 0 Å². The van der Waals surface area contributed by atoms with Gasteiger partial charge in [0.05, 0.1) is 0 Å². The van der Waals surface area contributed by atoms with E-state index < -0.39 is 0 Å². The zero-order valence-electron chi connectivity index (χ0n) is 8.61. The maximum absolute atomic E-state index is 3.69. The van der Waals surface area contributed by atoms with Crippen LogP contribution in [0.3, 0.4) is 0 Å². The molecule has 1 heteroatoms. The predicted molar refractivity (Wildman–Crippen MR) is 52.1 cm³/mol. The second kappa shape index (κ2) is 2.47. The Labute approximate surface area is 75.9 Å². The van der Waals surface area contributed by atoms with Crippen molar-refractivity contribution in [2.75, 3.05) is 6.54 Å². The molecule has 1 atom stereocenters. The van der Waals surface area contributed by atoms with Gasteiger partial charge in [-0.2, -0.15) is 0 Å². The van der Waals surface area contributed by atoms with Crippen molar-refractivity contribution in [1.82, 2.24) is 5.32 Å². The summed E-state index contributed by atoms with van der Waals surface area (Å²) in [4.78, 5) is 0. The Morgan fingerprint density at radius 2 is 1.83 bits per heavy atom. The first kappa shape index (κ1) is 8.55. The standard InChI is InChI=1S/C11H21N/c1-10(2,3)9-11(5-4-6-11)7-8-12-9/h9,12H,4-8H2,1-3H3. The first-order valence-corrected chi connectivity index (χ1v) is 5.28. The van der Waals surface area contributed by atoms with Crippen LogP contribution in [0.15, 0.2) is 0 Å². The molecule has 0 aromatic rings. The average molecular weight is 167 g/mol. The first-order chi connectivity index (χ1) is 5.55. The third kappa shape index (κ3) is 1.10. The van der Waals surface area contributed by atoms with E-state index in [0.717, 1.165) is 6.04 Å². The molecule has 1 N–H and O–H groups in total. The molecule has 1 aliphatic heterocycles. The van der Waals surface area contributed by atoms with Crippen LogP contribution in [0.5, 0.6) is 0 Å². The van der Waals surface area contributed by atoms with Crippen LogP contribution >= 0.6 is 0 Å². The highest BCUT2D eigenvalue weighted by molar-refractivity contribution is 5.06. The molecule has 1 nitrogen and oxygen atoms in total. The topological polar surface area (TPSA) is 12.0 Å². The summed E-state index contributed by atoms with van der Waals surface area (Å²) in [6.07, 6.45) is 5.84. The minimum Gasteiger partial charge on any atom is -0.313 e. The molecule has 2 rings (SSSR count). The molecule has 1 saturated heterocycles. The van der Waals surface area contributed by atoms with Gasteiger partial charge in [0, 0.05) is 6.04 Å². The minimum atomic E-state index is 0.455. The van der Waals surface area contributed by atoms with E-state index in [1.54, 1.807) is 0 Å². The fraction of sp³-hybridized carbons (Fsp3) is 1.00. The lowest BCUT2D eigenvalue weighted by molar-refractivity contribution is 0.0545. The molecule has 1 aliphatic carbocycles. The van der Waals surface area contributed by atoms with Crippen molar-refractivity contribution in [3.05, 3.63) is 0 Å². The van der Waals surface area contributed by atoms with Gasteiger partial charge < -0.3 is 5.32 Å². The molecule has 0 aromatic carbocycles. The largest absolute Gasteiger partial charge is 0.313 e. The van der Waals surface area contributed by atoms with Gasteiger partial charge in [-0.3, -0.25) is 0 Å². The third-order valence-corrected chi connectivity index (χ3v) is 3.80. The Morgan fingerprint density at radius 3 is 2.17 bits per heavy atom. The first-order valence-electron chi connectivity index (χ1n) is 5.28. The van der Waals surface area contributed by atoms with Crippen molar-refractivity contribution in [3.8, 4) is 0 Å². The Hall–Kier alpha value is -0.0400. The van der Waals surface area contributed by atoms with Gasteiger partial charge in [-0.15, -0.1) is 0 Å². The summed E-state index contributed by atoms with van der Waals surface area (Å²) >= 11 is 0. The van der Waals surface area contributed by atoms with E-state index in [1.165, 1.54) is 32.2 Å². The summed E-state index contributed by atoms with van der Waals surface area (Å²) < 4.78 is 0. The van der Waals surface area contributed by atoms with Crippen molar-refractivity contribution in [1.29, 1.82) is 0 Å². The molecule has 1 heterocycles. The number of rotatable bonds is 0.